The van der Waals surface area contributed by atoms with Gasteiger partial charge in [0.25, 0.3) is 11.5 Å². The molecular weight excluding hydrogens is 558 g/mol. The molecule has 210 valence electrons. The van der Waals surface area contributed by atoms with E-state index in [2.05, 4.69) is 11.6 Å². The molecule has 2 aliphatic heterocycles. The van der Waals surface area contributed by atoms with Gasteiger partial charge in [0.1, 0.15) is 16.9 Å². The van der Waals surface area contributed by atoms with Gasteiger partial charge in [0.2, 0.25) is 5.76 Å². The maximum Gasteiger partial charge on any atom is 0.379 e. The van der Waals surface area contributed by atoms with E-state index in [0.29, 0.717) is 27.3 Å². The molecule has 2 aromatic carbocycles. The fourth-order valence-corrected chi connectivity index (χ4v) is 6.16. The second-order valence-corrected chi connectivity index (χ2v) is 10.5. The lowest BCUT2D eigenvalue weighted by atomic mass is 9.96. The van der Waals surface area contributed by atoms with E-state index in [0.717, 1.165) is 11.3 Å². The number of rotatable bonds is 6. The summed E-state index contributed by atoms with van der Waals surface area (Å²) in [7, 11) is 1.66. The molecule has 0 radical (unpaired) electrons. The number of fused-ring (bicyclic) bond motifs is 2. The number of carbonyl (C=O) groups excluding carboxylic acids is 3. The Balaban J connectivity index is 1.50. The van der Waals surface area contributed by atoms with Crippen molar-refractivity contribution in [2.75, 3.05) is 18.6 Å². The number of allylic oxidation sites excluding steroid dienone is 1. The van der Waals surface area contributed by atoms with E-state index in [4.69, 9.17) is 13.9 Å². The highest BCUT2D eigenvalue weighted by molar-refractivity contribution is 7.07. The Labute approximate surface area is 242 Å². The van der Waals surface area contributed by atoms with E-state index in [1.54, 1.807) is 50.4 Å². The molecule has 2 aliphatic rings. The van der Waals surface area contributed by atoms with Crippen molar-refractivity contribution < 1.29 is 28.3 Å². The summed E-state index contributed by atoms with van der Waals surface area (Å²) < 4.78 is 17.5. The summed E-state index contributed by atoms with van der Waals surface area (Å²) in [4.78, 5) is 59.5. The SMILES string of the molecule is C=CCOC(=O)C1=C(C)N=c2s/c(=C3\C(=O)N(C)c4ccccc43)c(=O)n2[C@@H]1c1ccc(OC(=O)c2ccco2)cc1. The van der Waals surface area contributed by atoms with Crippen LogP contribution in [0.5, 0.6) is 5.75 Å². The van der Waals surface area contributed by atoms with Crippen molar-refractivity contribution in [1.29, 1.82) is 0 Å². The Bertz CT molecular complexity index is 1980. The number of furan rings is 1. The van der Waals surface area contributed by atoms with Crippen molar-refractivity contribution in [3.63, 3.8) is 0 Å². The summed E-state index contributed by atoms with van der Waals surface area (Å²) in [5.74, 6) is -1.34. The first kappa shape index (κ1) is 26.9. The number of hydrogen-bond donors (Lipinski definition) is 0. The minimum Gasteiger partial charge on any atom is -0.458 e. The van der Waals surface area contributed by atoms with Gasteiger partial charge in [-0.3, -0.25) is 14.2 Å². The van der Waals surface area contributed by atoms with Crippen LogP contribution < -0.4 is 24.5 Å². The summed E-state index contributed by atoms with van der Waals surface area (Å²) in [5.41, 5.74) is 2.24. The van der Waals surface area contributed by atoms with Crippen LogP contribution in [0.2, 0.25) is 0 Å². The second kappa shape index (κ2) is 10.6. The number of nitrogens with zero attached hydrogens (tertiary/aromatic N) is 3. The largest absolute Gasteiger partial charge is 0.458 e. The Morgan fingerprint density at radius 2 is 1.83 bits per heavy atom. The number of para-hydroxylation sites is 1. The lowest BCUT2D eigenvalue weighted by Gasteiger charge is -2.24. The van der Waals surface area contributed by atoms with Gasteiger partial charge in [-0.05, 0) is 42.8 Å². The van der Waals surface area contributed by atoms with Crippen LogP contribution in [0.4, 0.5) is 5.69 Å². The van der Waals surface area contributed by atoms with Crippen molar-refractivity contribution in [2.45, 2.75) is 13.0 Å². The van der Waals surface area contributed by atoms with Crippen molar-refractivity contribution in [3.05, 3.63) is 127 Å². The third kappa shape index (κ3) is 4.40. The van der Waals surface area contributed by atoms with Crippen LogP contribution in [0.1, 0.15) is 34.6 Å². The van der Waals surface area contributed by atoms with Gasteiger partial charge in [0.15, 0.2) is 4.80 Å². The van der Waals surface area contributed by atoms with Crippen LogP contribution in [0.3, 0.4) is 0 Å². The number of anilines is 1. The molecule has 2 aromatic heterocycles. The maximum absolute atomic E-state index is 14.1. The molecule has 0 saturated heterocycles. The fraction of sp³-hybridized carbons (Fsp3) is 0.129. The first-order chi connectivity index (χ1) is 20.3. The maximum atomic E-state index is 14.1. The van der Waals surface area contributed by atoms with Crippen molar-refractivity contribution in [3.8, 4) is 5.75 Å². The molecule has 0 aliphatic carbocycles. The number of aromatic nitrogens is 1. The summed E-state index contributed by atoms with van der Waals surface area (Å²) >= 11 is 1.09. The number of amides is 1. The highest BCUT2D eigenvalue weighted by atomic mass is 32.1. The van der Waals surface area contributed by atoms with Crippen LogP contribution in [-0.2, 0) is 14.3 Å². The zero-order valence-corrected chi connectivity index (χ0v) is 23.3. The zero-order chi connectivity index (χ0) is 29.5. The lowest BCUT2D eigenvalue weighted by molar-refractivity contribution is -0.138. The molecule has 11 heteroatoms. The van der Waals surface area contributed by atoms with Crippen LogP contribution in [-0.4, -0.2) is 36.1 Å². The third-order valence-electron chi connectivity index (χ3n) is 6.96. The van der Waals surface area contributed by atoms with Gasteiger partial charge in [0.05, 0.1) is 34.8 Å². The molecular formula is C31H23N3O7S. The number of thiazole rings is 1. The number of carbonyl (C=O) groups is 3. The van der Waals surface area contributed by atoms with E-state index in [-0.39, 0.29) is 39.7 Å². The predicted octanol–water partition coefficient (Wildman–Crippen LogP) is 3.12. The smallest absolute Gasteiger partial charge is 0.379 e. The summed E-state index contributed by atoms with van der Waals surface area (Å²) in [5, 5.41) is 0. The minimum atomic E-state index is -0.924. The number of hydrogen-bond acceptors (Lipinski definition) is 9. The Kier molecular flexibility index (Phi) is 6.79. The van der Waals surface area contributed by atoms with Crippen LogP contribution in [0, 0.1) is 0 Å². The third-order valence-corrected chi connectivity index (χ3v) is 8.01. The normalized spacial score (nSPS) is 17.0. The van der Waals surface area contributed by atoms with Gasteiger partial charge in [-0.1, -0.05) is 54.3 Å². The van der Waals surface area contributed by atoms with Crippen molar-refractivity contribution in [2.24, 2.45) is 4.99 Å². The Hall–Kier alpha value is -5.29. The molecule has 4 aromatic rings. The average Bonchev–Trinajstić information content (AvgIpc) is 3.70. The Morgan fingerprint density at radius 3 is 2.55 bits per heavy atom. The highest BCUT2D eigenvalue weighted by Crippen LogP contribution is 2.35. The van der Waals surface area contributed by atoms with E-state index < -0.39 is 23.5 Å². The van der Waals surface area contributed by atoms with Gasteiger partial charge in [-0.15, -0.1) is 0 Å². The highest BCUT2D eigenvalue weighted by Gasteiger charge is 2.36. The molecule has 0 saturated carbocycles. The molecule has 0 N–H and O–H groups in total. The van der Waals surface area contributed by atoms with E-state index in [1.807, 2.05) is 18.2 Å². The molecule has 1 amide bonds. The molecule has 0 spiro atoms. The first-order valence-electron chi connectivity index (χ1n) is 12.9. The summed E-state index contributed by atoms with van der Waals surface area (Å²) in [6.07, 6.45) is 2.81. The standard InChI is InChI=1S/C31H23N3O7S/c1-4-15-40-30(38)23-17(2)32-31-34(25(23)18-11-13-19(14-12-18)41-29(37)22-10-7-16-39-22)28(36)26(42-31)24-20-8-5-6-9-21(20)33(3)27(24)35/h4-14,16,25H,1,15H2,2-3H3/b26-24-/t25-/m1/s1. The minimum absolute atomic E-state index is 0.0316. The van der Waals surface area contributed by atoms with E-state index in [1.165, 1.54) is 27.9 Å². The molecule has 0 bridgehead atoms. The predicted molar refractivity (Wildman–Crippen MR) is 154 cm³/mol. The molecule has 6 rings (SSSR count). The number of ether oxygens (including phenoxy) is 2. The number of likely N-dealkylation sites (N-methyl/N-ethyl adjacent to an activating group) is 1. The van der Waals surface area contributed by atoms with Crippen LogP contribution in [0.25, 0.3) is 5.57 Å². The zero-order valence-electron chi connectivity index (χ0n) is 22.5. The van der Waals surface area contributed by atoms with Crippen molar-refractivity contribution in [1.82, 2.24) is 4.57 Å². The van der Waals surface area contributed by atoms with Gasteiger partial charge in [-0.2, -0.15) is 0 Å². The number of benzene rings is 2. The number of esters is 2. The van der Waals surface area contributed by atoms with Crippen LogP contribution >= 0.6 is 11.3 Å². The molecule has 1 atom stereocenters. The second-order valence-electron chi connectivity index (χ2n) is 9.48. The fourth-order valence-electron chi connectivity index (χ4n) is 5.02. The lowest BCUT2D eigenvalue weighted by Crippen LogP contribution is -2.40. The monoisotopic (exact) mass is 581 g/mol. The quantitative estimate of drug-likeness (QED) is 0.195. The molecule has 10 nitrogen and oxygen atoms in total. The van der Waals surface area contributed by atoms with Gasteiger partial charge < -0.3 is 18.8 Å². The first-order valence-corrected chi connectivity index (χ1v) is 13.7. The van der Waals surface area contributed by atoms with E-state index in [9.17, 15) is 19.2 Å². The van der Waals surface area contributed by atoms with Gasteiger partial charge in [-0.25, -0.2) is 14.6 Å². The molecule has 42 heavy (non-hydrogen) atoms. The topological polar surface area (TPSA) is 120 Å². The molecule has 0 unspecified atom stereocenters. The van der Waals surface area contributed by atoms with Crippen LogP contribution in [0.15, 0.2) is 105 Å². The van der Waals surface area contributed by atoms with Gasteiger partial charge in [0, 0.05) is 12.6 Å². The van der Waals surface area contributed by atoms with Gasteiger partial charge >= 0.3 is 11.9 Å². The summed E-state index contributed by atoms with van der Waals surface area (Å²) in [6, 6.07) is 15.8. The average molecular weight is 582 g/mol. The van der Waals surface area contributed by atoms with Crippen molar-refractivity contribution >= 4 is 40.4 Å². The molecule has 0 fully saturated rings. The Morgan fingerprint density at radius 1 is 1.07 bits per heavy atom. The van der Waals surface area contributed by atoms with E-state index >= 15 is 0 Å². The molecule has 4 heterocycles. The summed E-state index contributed by atoms with van der Waals surface area (Å²) in [6.45, 7) is 5.23.